The normalized spacial score (nSPS) is 16.9. The van der Waals surface area contributed by atoms with Gasteiger partial charge in [0.1, 0.15) is 0 Å². The minimum absolute atomic E-state index is 0.00266. The number of hydrogen-bond acceptors (Lipinski definition) is 4. The number of guanidine groups is 1. The maximum Gasteiger partial charge on any atom is 0.416 e. The predicted octanol–water partition coefficient (Wildman–Crippen LogP) is 6.38. The lowest BCUT2D eigenvalue weighted by Gasteiger charge is -2.28. The van der Waals surface area contributed by atoms with Crippen LogP contribution in [0, 0.1) is 5.41 Å². The van der Waals surface area contributed by atoms with Crippen LogP contribution < -0.4 is 10.7 Å². The minimum Gasteiger partial charge on any atom is -0.354 e. The van der Waals surface area contributed by atoms with E-state index >= 15 is 0 Å². The molecule has 10 heteroatoms. The van der Waals surface area contributed by atoms with Crippen molar-refractivity contribution in [1.29, 1.82) is 0 Å². The number of halogens is 6. The quantitative estimate of drug-likeness (QED) is 0.288. The molecule has 0 spiro atoms. The zero-order chi connectivity index (χ0) is 25.7. The Balaban J connectivity index is 1.80. The zero-order valence-electron chi connectivity index (χ0n) is 19.0. The molecule has 1 aliphatic heterocycles. The summed E-state index contributed by atoms with van der Waals surface area (Å²) < 4.78 is 76.7. The summed E-state index contributed by atoms with van der Waals surface area (Å²) in [6.07, 6.45) is -2.54. The first-order chi connectivity index (χ1) is 16.3. The SMILES string of the molecule is CC1(C)CN=C(NN=C(/C=C\c2ccc(C(F)(F)F)cc2)/C=C/c2ccc(C(F)(F)F)cc2)NC1. The fourth-order valence-corrected chi connectivity index (χ4v) is 2.98. The van der Waals surface area contributed by atoms with Crippen LogP contribution in [0.3, 0.4) is 0 Å². The van der Waals surface area contributed by atoms with Gasteiger partial charge >= 0.3 is 12.4 Å². The average Bonchev–Trinajstić information content (AvgIpc) is 2.79. The second-order valence-electron chi connectivity index (χ2n) is 8.74. The largest absolute Gasteiger partial charge is 0.416 e. The Kier molecular flexibility index (Phi) is 7.72. The molecule has 0 bridgehead atoms. The highest BCUT2D eigenvalue weighted by Gasteiger charge is 2.30. The Bertz CT molecular complexity index is 1050. The first-order valence-corrected chi connectivity index (χ1v) is 10.6. The summed E-state index contributed by atoms with van der Waals surface area (Å²) in [4.78, 5) is 4.38. The number of hydrogen-bond donors (Lipinski definition) is 2. The van der Waals surface area contributed by atoms with E-state index in [1.54, 1.807) is 24.3 Å². The van der Waals surface area contributed by atoms with Crippen molar-refractivity contribution in [2.45, 2.75) is 26.2 Å². The van der Waals surface area contributed by atoms with Crippen molar-refractivity contribution >= 4 is 23.8 Å². The molecule has 1 aliphatic rings. The highest BCUT2D eigenvalue weighted by Crippen LogP contribution is 2.30. The molecule has 35 heavy (non-hydrogen) atoms. The Labute approximate surface area is 199 Å². The van der Waals surface area contributed by atoms with Gasteiger partial charge in [-0.1, -0.05) is 50.3 Å². The summed E-state index contributed by atoms with van der Waals surface area (Å²) in [7, 11) is 0. The van der Waals surface area contributed by atoms with E-state index < -0.39 is 23.5 Å². The van der Waals surface area contributed by atoms with Crippen molar-refractivity contribution in [3.05, 3.63) is 82.9 Å². The van der Waals surface area contributed by atoms with Gasteiger partial charge in [0.2, 0.25) is 5.96 Å². The van der Waals surface area contributed by atoms with Crippen molar-refractivity contribution in [3.8, 4) is 0 Å². The van der Waals surface area contributed by atoms with Gasteiger partial charge in [-0.3, -0.25) is 4.99 Å². The maximum atomic E-state index is 12.8. The molecule has 2 aromatic rings. The number of alkyl halides is 6. The van der Waals surface area contributed by atoms with Gasteiger partial charge in [-0.2, -0.15) is 31.4 Å². The van der Waals surface area contributed by atoms with Gasteiger partial charge in [0.05, 0.1) is 16.8 Å². The smallest absolute Gasteiger partial charge is 0.354 e. The van der Waals surface area contributed by atoms with Crippen LogP contribution in [-0.4, -0.2) is 24.8 Å². The van der Waals surface area contributed by atoms with Crippen LogP contribution in [0.4, 0.5) is 26.3 Å². The van der Waals surface area contributed by atoms with E-state index in [-0.39, 0.29) is 5.41 Å². The number of nitrogens with zero attached hydrogens (tertiary/aromatic N) is 2. The third-order valence-electron chi connectivity index (χ3n) is 5.06. The lowest BCUT2D eigenvalue weighted by atomic mass is 9.93. The van der Waals surface area contributed by atoms with Gasteiger partial charge < -0.3 is 5.32 Å². The molecule has 2 aromatic carbocycles. The number of hydrazone groups is 1. The molecule has 186 valence electrons. The molecular weight excluding hydrogens is 470 g/mol. The molecule has 0 atom stereocenters. The third-order valence-corrected chi connectivity index (χ3v) is 5.06. The molecule has 0 fully saturated rings. The molecular formula is C25H24F6N4. The number of nitrogens with one attached hydrogen (secondary N) is 2. The summed E-state index contributed by atoms with van der Waals surface area (Å²) in [6, 6.07) is 9.25. The molecule has 0 radical (unpaired) electrons. The van der Waals surface area contributed by atoms with Gasteiger partial charge in [0, 0.05) is 18.5 Å². The van der Waals surface area contributed by atoms with E-state index in [1.165, 1.54) is 24.3 Å². The van der Waals surface area contributed by atoms with Crippen LogP contribution in [0.5, 0.6) is 0 Å². The monoisotopic (exact) mass is 494 g/mol. The molecule has 1 heterocycles. The van der Waals surface area contributed by atoms with E-state index in [9.17, 15) is 26.3 Å². The van der Waals surface area contributed by atoms with Crippen molar-refractivity contribution in [2.24, 2.45) is 15.5 Å². The number of rotatable bonds is 5. The molecule has 4 nitrogen and oxygen atoms in total. The Hall–Kier alpha value is -3.56. The van der Waals surface area contributed by atoms with Crippen molar-refractivity contribution in [1.82, 2.24) is 10.7 Å². The molecule has 0 amide bonds. The van der Waals surface area contributed by atoms with Crippen LogP contribution in [-0.2, 0) is 12.4 Å². The van der Waals surface area contributed by atoms with Gasteiger partial charge in [0.15, 0.2) is 0 Å². The van der Waals surface area contributed by atoms with E-state index in [2.05, 4.69) is 34.7 Å². The summed E-state index contributed by atoms with van der Waals surface area (Å²) in [6.45, 7) is 5.41. The molecule has 3 rings (SSSR count). The average molecular weight is 494 g/mol. The molecule has 0 aromatic heterocycles. The van der Waals surface area contributed by atoms with Crippen LogP contribution >= 0.6 is 0 Å². The van der Waals surface area contributed by atoms with Gasteiger partial charge in [0.25, 0.3) is 0 Å². The fraction of sp³-hybridized carbons (Fsp3) is 0.280. The van der Waals surface area contributed by atoms with E-state index in [0.29, 0.717) is 35.9 Å². The third kappa shape index (κ3) is 8.01. The standard InChI is InChI=1S/C25H24F6N4/c1-23(2)15-32-22(33-16-23)35-34-21(13-7-17-3-9-19(10-4-17)24(26,27)28)14-8-18-5-11-20(12-6-18)25(29,30)31/h3-14H,15-16H2,1-2H3,(H2,32,33,35)/b13-7-,14-8+,34-21?. The predicted molar refractivity (Wildman–Crippen MR) is 126 cm³/mol. The van der Waals surface area contributed by atoms with E-state index in [0.717, 1.165) is 24.3 Å². The summed E-state index contributed by atoms with van der Waals surface area (Å²) in [5.41, 5.74) is 2.72. The fourth-order valence-electron chi connectivity index (χ4n) is 2.98. The summed E-state index contributed by atoms with van der Waals surface area (Å²) in [5.74, 6) is 0.465. The lowest BCUT2D eigenvalue weighted by molar-refractivity contribution is -0.138. The van der Waals surface area contributed by atoms with Crippen molar-refractivity contribution < 1.29 is 26.3 Å². The van der Waals surface area contributed by atoms with Crippen LogP contribution in [0.1, 0.15) is 36.1 Å². The van der Waals surface area contributed by atoms with Crippen LogP contribution in [0.2, 0.25) is 0 Å². The first-order valence-electron chi connectivity index (χ1n) is 10.6. The Morgan fingerprint density at radius 2 is 1.31 bits per heavy atom. The van der Waals surface area contributed by atoms with Crippen molar-refractivity contribution in [3.63, 3.8) is 0 Å². The Morgan fingerprint density at radius 1 is 0.857 bits per heavy atom. The second-order valence-corrected chi connectivity index (χ2v) is 8.74. The number of benzene rings is 2. The number of allylic oxidation sites excluding steroid dienone is 2. The maximum absolute atomic E-state index is 12.8. The first kappa shape index (κ1) is 26.1. The van der Waals surface area contributed by atoms with Gasteiger partial charge in [-0.05, 0) is 47.5 Å². The zero-order valence-corrected chi connectivity index (χ0v) is 19.0. The highest BCUT2D eigenvalue weighted by atomic mass is 19.4. The summed E-state index contributed by atoms with van der Waals surface area (Å²) >= 11 is 0. The van der Waals surface area contributed by atoms with Gasteiger partial charge in [-0.25, -0.2) is 5.43 Å². The minimum atomic E-state index is -4.43. The Morgan fingerprint density at radius 3 is 1.69 bits per heavy atom. The molecule has 0 aliphatic carbocycles. The second kappa shape index (κ2) is 10.4. The lowest BCUT2D eigenvalue weighted by Crippen LogP contribution is -2.46. The molecule has 2 N–H and O–H groups in total. The van der Waals surface area contributed by atoms with E-state index in [1.807, 2.05) is 0 Å². The van der Waals surface area contributed by atoms with Crippen LogP contribution in [0.25, 0.3) is 12.2 Å². The molecule has 0 saturated heterocycles. The number of aliphatic imine (C=N–C) groups is 1. The van der Waals surface area contributed by atoms with Gasteiger partial charge in [-0.15, -0.1) is 0 Å². The van der Waals surface area contributed by atoms with Crippen molar-refractivity contribution in [2.75, 3.05) is 13.1 Å². The highest BCUT2D eigenvalue weighted by molar-refractivity contribution is 6.09. The van der Waals surface area contributed by atoms with E-state index in [4.69, 9.17) is 0 Å². The van der Waals surface area contributed by atoms with Crippen LogP contribution in [0.15, 0.2) is 70.8 Å². The molecule has 0 saturated carbocycles. The summed E-state index contributed by atoms with van der Waals surface area (Å²) in [5, 5.41) is 7.40. The molecule has 0 unspecified atom stereocenters. The topological polar surface area (TPSA) is 48.8 Å².